The molecule has 0 radical (unpaired) electrons. The van der Waals surface area contributed by atoms with Crippen LogP contribution in [0.2, 0.25) is 0 Å². The van der Waals surface area contributed by atoms with E-state index >= 15 is 0 Å². The van der Waals surface area contributed by atoms with Crippen molar-refractivity contribution in [3.8, 4) is 0 Å². The standard InChI is InChI=1S/C14H19N3O2/c1-11-2-3-13-16-5-12(17(13)6-11)4-15-7-14(8-18)9-19-10-14/h2-3,5-6,15,18H,4,7-10H2,1H3. The Balaban J connectivity index is 1.67. The zero-order valence-corrected chi connectivity index (χ0v) is 11.1. The monoisotopic (exact) mass is 261 g/mol. The quantitative estimate of drug-likeness (QED) is 0.833. The van der Waals surface area contributed by atoms with E-state index in [1.54, 1.807) is 0 Å². The van der Waals surface area contributed by atoms with E-state index in [1.807, 2.05) is 12.3 Å². The van der Waals surface area contributed by atoms with Crippen LogP contribution in [0.1, 0.15) is 11.3 Å². The number of pyridine rings is 1. The number of aliphatic hydroxyl groups excluding tert-OH is 1. The van der Waals surface area contributed by atoms with Crippen molar-refractivity contribution in [2.24, 2.45) is 5.41 Å². The molecule has 1 saturated heterocycles. The molecule has 2 aromatic rings. The van der Waals surface area contributed by atoms with Crippen molar-refractivity contribution in [2.45, 2.75) is 13.5 Å². The maximum absolute atomic E-state index is 9.36. The van der Waals surface area contributed by atoms with Crippen LogP contribution in [0.4, 0.5) is 0 Å². The molecule has 0 spiro atoms. The SMILES string of the molecule is Cc1ccc2ncc(CNCC3(CO)COC3)n2c1. The number of fused-ring (bicyclic) bond motifs is 1. The van der Waals surface area contributed by atoms with Crippen LogP contribution in [0.25, 0.3) is 5.65 Å². The summed E-state index contributed by atoms with van der Waals surface area (Å²) in [5.41, 5.74) is 3.22. The maximum Gasteiger partial charge on any atom is 0.136 e. The highest BCUT2D eigenvalue weighted by atomic mass is 16.5. The lowest BCUT2D eigenvalue weighted by Crippen LogP contribution is -2.52. The molecule has 1 aliphatic rings. The third-order valence-corrected chi connectivity index (χ3v) is 3.69. The van der Waals surface area contributed by atoms with E-state index in [4.69, 9.17) is 4.74 Å². The number of rotatable bonds is 5. The summed E-state index contributed by atoms with van der Waals surface area (Å²) in [5, 5.41) is 12.8. The Morgan fingerprint density at radius 3 is 3.00 bits per heavy atom. The van der Waals surface area contributed by atoms with Gasteiger partial charge in [0.2, 0.25) is 0 Å². The summed E-state index contributed by atoms with van der Waals surface area (Å²) < 4.78 is 7.29. The van der Waals surface area contributed by atoms with E-state index < -0.39 is 0 Å². The smallest absolute Gasteiger partial charge is 0.136 e. The predicted molar refractivity (Wildman–Crippen MR) is 72.0 cm³/mol. The van der Waals surface area contributed by atoms with Gasteiger partial charge in [-0.25, -0.2) is 4.98 Å². The van der Waals surface area contributed by atoms with Crippen molar-refractivity contribution in [2.75, 3.05) is 26.4 Å². The van der Waals surface area contributed by atoms with Gasteiger partial charge in [-0.2, -0.15) is 0 Å². The third kappa shape index (κ3) is 2.36. The molecule has 3 rings (SSSR count). The van der Waals surface area contributed by atoms with Gasteiger partial charge in [0.05, 0.1) is 37.1 Å². The number of aromatic nitrogens is 2. The molecule has 2 aromatic heterocycles. The number of hydrogen-bond donors (Lipinski definition) is 2. The molecule has 102 valence electrons. The summed E-state index contributed by atoms with van der Waals surface area (Å²) in [6.07, 6.45) is 3.98. The van der Waals surface area contributed by atoms with Crippen LogP contribution in [-0.4, -0.2) is 40.9 Å². The van der Waals surface area contributed by atoms with E-state index in [2.05, 4.69) is 33.9 Å². The molecule has 1 fully saturated rings. The van der Waals surface area contributed by atoms with Gasteiger partial charge in [-0.15, -0.1) is 0 Å². The van der Waals surface area contributed by atoms with Gasteiger partial charge in [-0.1, -0.05) is 6.07 Å². The van der Waals surface area contributed by atoms with E-state index in [9.17, 15) is 5.11 Å². The molecule has 0 aliphatic carbocycles. The Bertz CT molecular complexity index is 570. The second kappa shape index (κ2) is 4.92. The Hall–Kier alpha value is -1.43. The molecule has 0 atom stereocenters. The van der Waals surface area contributed by atoms with Crippen molar-refractivity contribution < 1.29 is 9.84 Å². The fourth-order valence-electron chi connectivity index (χ4n) is 2.36. The Morgan fingerprint density at radius 2 is 2.32 bits per heavy atom. The van der Waals surface area contributed by atoms with Crippen molar-refractivity contribution in [3.05, 3.63) is 35.8 Å². The van der Waals surface area contributed by atoms with Crippen LogP contribution in [0, 0.1) is 12.3 Å². The number of ether oxygens (including phenoxy) is 1. The van der Waals surface area contributed by atoms with Gasteiger partial charge in [0.15, 0.2) is 0 Å². The minimum atomic E-state index is -0.0869. The number of hydrogen-bond acceptors (Lipinski definition) is 4. The van der Waals surface area contributed by atoms with Crippen molar-refractivity contribution in [1.82, 2.24) is 14.7 Å². The highest BCUT2D eigenvalue weighted by Crippen LogP contribution is 2.25. The Morgan fingerprint density at radius 1 is 1.47 bits per heavy atom. The number of aryl methyl sites for hydroxylation is 1. The average Bonchev–Trinajstić information content (AvgIpc) is 2.75. The Kier molecular flexibility index (Phi) is 3.26. The molecule has 3 heterocycles. The van der Waals surface area contributed by atoms with E-state index in [-0.39, 0.29) is 12.0 Å². The average molecular weight is 261 g/mol. The summed E-state index contributed by atoms with van der Waals surface area (Å²) in [4.78, 5) is 4.38. The van der Waals surface area contributed by atoms with Crippen molar-refractivity contribution in [1.29, 1.82) is 0 Å². The first-order valence-corrected chi connectivity index (χ1v) is 6.54. The number of imidazole rings is 1. The van der Waals surface area contributed by atoms with Crippen LogP contribution in [0.5, 0.6) is 0 Å². The first kappa shape index (κ1) is 12.6. The number of aliphatic hydroxyl groups is 1. The summed E-state index contributed by atoms with van der Waals surface area (Å²) in [6, 6.07) is 4.08. The van der Waals surface area contributed by atoms with Gasteiger partial charge in [-0.05, 0) is 18.6 Å². The zero-order valence-electron chi connectivity index (χ0n) is 11.1. The van der Waals surface area contributed by atoms with Crippen LogP contribution in [0.3, 0.4) is 0 Å². The maximum atomic E-state index is 9.36. The normalized spacial score (nSPS) is 17.6. The third-order valence-electron chi connectivity index (χ3n) is 3.69. The fraction of sp³-hybridized carbons (Fsp3) is 0.500. The van der Waals surface area contributed by atoms with E-state index in [1.165, 1.54) is 5.56 Å². The molecule has 2 N–H and O–H groups in total. The highest BCUT2D eigenvalue weighted by molar-refractivity contribution is 5.41. The van der Waals surface area contributed by atoms with Gasteiger partial charge in [0.25, 0.3) is 0 Å². The zero-order chi connectivity index (χ0) is 13.3. The van der Waals surface area contributed by atoms with E-state index in [0.29, 0.717) is 13.2 Å². The van der Waals surface area contributed by atoms with E-state index in [0.717, 1.165) is 24.4 Å². The summed E-state index contributed by atoms with van der Waals surface area (Å²) in [5.74, 6) is 0. The highest BCUT2D eigenvalue weighted by Gasteiger charge is 2.37. The van der Waals surface area contributed by atoms with Crippen LogP contribution < -0.4 is 5.32 Å². The lowest BCUT2D eigenvalue weighted by molar-refractivity contribution is -0.134. The van der Waals surface area contributed by atoms with Gasteiger partial charge in [0.1, 0.15) is 5.65 Å². The lowest BCUT2D eigenvalue weighted by Gasteiger charge is -2.40. The van der Waals surface area contributed by atoms with Crippen molar-refractivity contribution in [3.63, 3.8) is 0 Å². The van der Waals surface area contributed by atoms with Crippen molar-refractivity contribution >= 4 is 5.65 Å². The topological polar surface area (TPSA) is 58.8 Å². The first-order chi connectivity index (χ1) is 9.22. The van der Waals surface area contributed by atoms with Gasteiger partial charge in [0, 0.05) is 19.3 Å². The molecule has 0 aromatic carbocycles. The molecule has 0 amide bonds. The summed E-state index contributed by atoms with van der Waals surface area (Å²) in [6.45, 7) is 5.04. The van der Waals surface area contributed by atoms with Gasteiger partial charge < -0.3 is 19.6 Å². The summed E-state index contributed by atoms with van der Waals surface area (Å²) in [7, 11) is 0. The van der Waals surface area contributed by atoms with Crippen LogP contribution >= 0.6 is 0 Å². The molecule has 1 aliphatic heterocycles. The molecule has 5 nitrogen and oxygen atoms in total. The number of nitrogens with one attached hydrogen (secondary N) is 1. The van der Waals surface area contributed by atoms with Crippen LogP contribution in [0.15, 0.2) is 24.5 Å². The molecule has 19 heavy (non-hydrogen) atoms. The molecule has 0 unspecified atom stereocenters. The minimum absolute atomic E-state index is 0.0869. The molecular formula is C14H19N3O2. The molecule has 5 heteroatoms. The van der Waals surface area contributed by atoms with Crippen LogP contribution in [-0.2, 0) is 11.3 Å². The molecule has 0 bridgehead atoms. The minimum Gasteiger partial charge on any atom is -0.396 e. The lowest BCUT2D eigenvalue weighted by atomic mass is 9.87. The Labute approximate surface area is 112 Å². The predicted octanol–water partition coefficient (Wildman–Crippen LogP) is 0.741. The largest absolute Gasteiger partial charge is 0.396 e. The first-order valence-electron chi connectivity index (χ1n) is 6.54. The second-order valence-corrected chi connectivity index (χ2v) is 5.44. The van der Waals surface area contributed by atoms with Gasteiger partial charge in [-0.3, -0.25) is 0 Å². The molecule has 0 saturated carbocycles. The summed E-state index contributed by atoms with van der Waals surface area (Å²) >= 11 is 0. The molecular weight excluding hydrogens is 242 g/mol. The number of nitrogens with zero attached hydrogens (tertiary/aromatic N) is 2. The van der Waals surface area contributed by atoms with Gasteiger partial charge >= 0.3 is 0 Å². The fourth-order valence-corrected chi connectivity index (χ4v) is 2.36. The second-order valence-electron chi connectivity index (χ2n) is 5.44.